The maximum Gasteiger partial charge on any atom is 0.291 e. The Hall–Kier alpha value is -4.26. The van der Waals surface area contributed by atoms with Crippen molar-refractivity contribution in [1.82, 2.24) is 4.90 Å². The number of rotatable bonds is 4. The topological polar surface area (TPSA) is 71.1 Å². The van der Waals surface area contributed by atoms with Gasteiger partial charge in [0.2, 0.25) is 0 Å². The predicted octanol–water partition coefficient (Wildman–Crippen LogP) is 4.03. The second-order valence-corrected chi connectivity index (χ2v) is 8.17. The Balaban J connectivity index is 1.26. The Morgan fingerprint density at radius 2 is 1.76 bits per heavy atom. The van der Waals surface area contributed by atoms with E-state index in [-0.39, 0.29) is 17.6 Å². The van der Waals surface area contributed by atoms with Gasteiger partial charge in [0.05, 0.1) is 12.8 Å². The molecule has 1 fully saturated rings. The first kappa shape index (κ1) is 21.6. The zero-order valence-electron chi connectivity index (χ0n) is 18.9. The number of benzene rings is 3. The van der Waals surface area contributed by atoms with Gasteiger partial charge in [-0.2, -0.15) is 0 Å². The second-order valence-electron chi connectivity index (χ2n) is 8.17. The van der Waals surface area contributed by atoms with Crippen molar-refractivity contribution in [3.05, 3.63) is 89.7 Å². The number of nitrogens with zero attached hydrogens (tertiary/aromatic N) is 2. The van der Waals surface area contributed by atoms with Gasteiger partial charge in [-0.1, -0.05) is 36.4 Å². The van der Waals surface area contributed by atoms with Crippen LogP contribution in [-0.4, -0.2) is 50.0 Å². The molecule has 1 N–H and O–H groups in total. The van der Waals surface area contributed by atoms with Crippen LogP contribution in [0, 0.1) is 0 Å². The van der Waals surface area contributed by atoms with E-state index in [1.165, 1.54) is 0 Å². The van der Waals surface area contributed by atoms with Crippen molar-refractivity contribution < 1.29 is 19.1 Å². The molecule has 2 amide bonds. The van der Waals surface area contributed by atoms with E-state index in [1.807, 2.05) is 59.5 Å². The SMILES string of the molecule is COc1cccc(N2CCN(C(=O)c3ccc4c(c3)NC(=O)C(=Cc3ccccc3)O4)CC2)c1. The Bertz CT molecular complexity index is 1250. The molecule has 0 bridgehead atoms. The quantitative estimate of drug-likeness (QED) is 0.602. The van der Waals surface area contributed by atoms with Crippen molar-refractivity contribution in [2.45, 2.75) is 0 Å². The van der Waals surface area contributed by atoms with Gasteiger partial charge in [-0.05, 0) is 42.0 Å². The zero-order chi connectivity index (χ0) is 23.5. The molecule has 0 spiro atoms. The normalized spacial score (nSPS) is 16.5. The largest absolute Gasteiger partial charge is 0.497 e. The highest BCUT2D eigenvalue weighted by Gasteiger charge is 2.26. The number of amides is 2. The van der Waals surface area contributed by atoms with Crippen LogP contribution in [0.5, 0.6) is 11.5 Å². The summed E-state index contributed by atoms with van der Waals surface area (Å²) >= 11 is 0. The van der Waals surface area contributed by atoms with E-state index >= 15 is 0 Å². The van der Waals surface area contributed by atoms with Crippen LogP contribution in [0.1, 0.15) is 15.9 Å². The van der Waals surface area contributed by atoms with E-state index in [9.17, 15) is 9.59 Å². The molecule has 7 nitrogen and oxygen atoms in total. The van der Waals surface area contributed by atoms with Gasteiger partial charge in [0.15, 0.2) is 11.5 Å². The van der Waals surface area contributed by atoms with E-state index in [1.54, 1.807) is 31.4 Å². The molecular weight excluding hydrogens is 430 g/mol. The van der Waals surface area contributed by atoms with E-state index in [2.05, 4.69) is 10.2 Å². The zero-order valence-corrected chi connectivity index (χ0v) is 18.9. The van der Waals surface area contributed by atoms with Gasteiger partial charge in [0.25, 0.3) is 11.8 Å². The van der Waals surface area contributed by atoms with Crippen molar-refractivity contribution in [3.8, 4) is 11.5 Å². The predicted molar refractivity (Wildman–Crippen MR) is 131 cm³/mol. The number of methoxy groups -OCH3 is 1. The molecule has 2 heterocycles. The number of fused-ring (bicyclic) bond motifs is 1. The minimum atomic E-state index is -0.340. The number of hydrogen-bond acceptors (Lipinski definition) is 5. The van der Waals surface area contributed by atoms with Crippen LogP contribution in [-0.2, 0) is 4.79 Å². The fraction of sp³-hybridized carbons (Fsp3) is 0.185. The molecule has 2 aliphatic heterocycles. The molecule has 3 aromatic carbocycles. The average molecular weight is 456 g/mol. The van der Waals surface area contributed by atoms with Gasteiger partial charge in [-0.3, -0.25) is 9.59 Å². The third-order valence-electron chi connectivity index (χ3n) is 6.00. The molecule has 7 heteroatoms. The number of anilines is 2. The minimum Gasteiger partial charge on any atom is -0.497 e. The molecular formula is C27H25N3O4. The van der Waals surface area contributed by atoms with Crippen LogP contribution >= 0.6 is 0 Å². The summed E-state index contributed by atoms with van der Waals surface area (Å²) in [4.78, 5) is 29.8. The molecule has 34 heavy (non-hydrogen) atoms. The van der Waals surface area contributed by atoms with Crippen LogP contribution in [0.25, 0.3) is 6.08 Å². The van der Waals surface area contributed by atoms with Gasteiger partial charge in [0.1, 0.15) is 5.75 Å². The summed E-state index contributed by atoms with van der Waals surface area (Å²) in [5.41, 5.74) is 2.97. The molecule has 0 atom stereocenters. The van der Waals surface area contributed by atoms with Crippen LogP contribution in [0.3, 0.4) is 0 Å². The molecule has 0 aromatic heterocycles. The number of carbonyl (C=O) groups is 2. The van der Waals surface area contributed by atoms with Crippen molar-refractivity contribution >= 4 is 29.3 Å². The summed E-state index contributed by atoms with van der Waals surface area (Å²) < 4.78 is 11.1. The first-order chi connectivity index (χ1) is 16.6. The lowest BCUT2D eigenvalue weighted by Gasteiger charge is -2.36. The number of ether oxygens (including phenoxy) is 2. The number of carbonyl (C=O) groups excluding carboxylic acids is 2. The van der Waals surface area contributed by atoms with Crippen LogP contribution < -0.4 is 19.7 Å². The van der Waals surface area contributed by atoms with Gasteiger partial charge < -0.3 is 24.6 Å². The Morgan fingerprint density at radius 1 is 0.971 bits per heavy atom. The van der Waals surface area contributed by atoms with Gasteiger partial charge in [0, 0.05) is 43.5 Å². The molecule has 0 unspecified atom stereocenters. The molecule has 3 aromatic rings. The minimum absolute atomic E-state index is 0.0621. The van der Waals surface area contributed by atoms with Crippen molar-refractivity contribution in [1.29, 1.82) is 0 Å². The summed E-state index contributed by atoms with van der Waals surface area (Å²) in [5, 5.41) is 2.84. The molecule has 1 saturated heterocycles. The molecule has 5 rings (SSSR count). The van der Waals surface area contributed by atoms with Crippen LogP contribution in [0.2, 0.25) is 0 Å². The van der Waals surface area contributed by atoms with Crippen LogP contribution in [0.15, 0.2) is 78.6 Å². The maximum absolute atomic E-state index is 13.1. The third kappa shape index (κ3) is 4.45. The summed E-state index contributed by atoms with van der Waals surface area (Å²) in [7, 11) is 1.65. The number of hydrogen-bond donors (Lipinski definition) is 1. The lowest BCUT2D eigenvalue weighted by Crippen LogP contribution is -2.48. The fourth-order valence-corrected chi connectivity index (χ4v) is 4.15. The van der Waals surface area contributed by atoms with E-state index in [4.69, 9.17) is 9.47 Å². The van der Waals surface area contributed by atoms with Crippen LogP contribution in [0.4, 0.5) is 11.4 Å². The summed E-state index contributed by atoms with van der Waals surface area (Å²) in [5.74, 6) is 1.14. The molecule has 0 radical (unpaired) electrons. The Morgan fingerprint density at radius 3 is 2.53 bits per heavy atom. The maximum atomic E-state index is 13.1. The summed E-state index contributed by atoms with van der Waals surface area (Å²) in [6.07, 6.45) is 1.69. The average Bonchev–Trinajstić information content (AvgIpc) is 2.89. The van der Waals surface area contributed by atoms with Crippen molar-refractivity contribution in [3.63, 3.8) is 0 Å². The monoisotopic (exact) mass is 455 g/mol. The van der Waals surface area contributed by atoms with Crippen molar-refractivity contribution in [2.24, 2.45) is 0 Å². The molecule has 2 aliphatic rings. The van der Waals surface area contributed by atoms with E-state index in [0.717, 1.165) is 30.1 Å². The smallest absolute Gasteiger partial charge is 0.291 e. The van der Waals surface area contributed by atoms with Gasteiger partial charge in [-0.15, -0.1) is 0 Å². The van der Waals surface area contributed by atoms with Gasteiger partial charge >= 0.3 is 0 Å². The standard InChI is InChI=1S/C27H25N3O4/c1-33-22-9-5-8-21(18-22)29-12-14-30(15-13-29)27(32)20-10-11-24-23(17-20)28-26(31)25(34-24)16-19-6-3-2-4-7-19/h2-11,16-18H,12-15H2,1H3,(H,28,31). The lowest BCUT2D eigenvalue weighted by molar-refractivity contribution is -0.115. The Kier molecular flexibility index (Phi) is 5.91. The summed E-state index contributed by atoms with van der Waals surface area (Å²) in [6.45, 7) is 2.69. The first-order valence-electron chi connectivity index (χ1n) is 11.2. The van der Waals surface area contributed by atoms with E-state index in [0.29, 0.717) is 30.1 Å². The third-order valence-corrected chi connectivity index (χ3v) is 6.00. The highest BCUT2D eigenvalue weighted by molar-refractivity contribution is 6.09. The number of piperazine rings is 1. The highest BCUT2D eigenvalue weighted by atomic mass is 16.5. The molecule has 0 saturated carbocycles. The van der Waals surface area contributed by atoms with Gasteiger partial charge in [-0.25, -0.2) is 0 Å². The van der Waals surface area contributed by atoms with Crippen molar-refractivity contribution in [2.75, 3.05) is 43.5 Å². The number of nitrogens with one attached hydrogen (secondary N) is 1. The second kappa shape index (κ2) is 9.31. The lowest BCUT2D eigenvalue weighted by atomic mass is 10.1. The Labute approximate surface area is 198 Å². The molecule has 172 valence electrons. The fourth-order valence-electron chi connectivity index (χ4n) is 4.15. The highest BCUT2D eigenvalue weighted by Crippen LogP contribution is 2.33. The molecule has 0 aliphatic carbocycles. The summed E-state index contributed by atoms with van der Waals surface area (Å²) in [6, 6.07) is 22.6. The first-order valence-corrected chi connectivity index (χ1v) is 11.2. The van der Waals surface area contributed by atoms with E-state index < -0.39 is 0 Å².